The molecule has 0 fully saturated rings. The van der Waals surface area contributed by atoms with Crippen molar-refractivity contribution in [3.63, 3.8) is 0 Å². The first-order valence-electron chi connectivity index (χ1n) is 3.45. The van der Waals surface area contributed by atoms with Gasteiger partial charge in [0.2, 0.25) is 0 Å². The molecule has 0 aliphatic heterocycles. The molecule has 0 atom stereocenters. The van der Waals surface area contributed by atoms with Gasteiger partial charge in [0.05, 0.1) is 12.5 Å². The number of aromatic nitrogens is 2. The van der Waals surface area contributed by atoms with Crippen LogP contribution in [0.25, 0.3) is 5.88 Å². The molecule has 0 aromatic carbocycles. The van der Waals surface area contributed by atoms with Crippen molar-refractivity contribution in [3.8, 4) is 5.88 Å². The first-order valence-corrected chi connectivity index (χ1v) is 3.45. The van der Waals surface area contributed by atoms with Crippen molar-refractivity contribution in [2.45, 2.75) is 0 Å². The van der Waals surface area contributed by atoms with E-state index in [0.717, 1.165) is 5.88 Å². The lowest BCUT2D eigenvalue weighted by Crippen LogP contribution is -2.36. The number of hydrogen-bond acceptors (Lipinski definition) is 1. The van der Waals surface area contributed by atoms with Crippen LogP contribution < -0.4 is 4.68 Å². The van der Waals surface area contributed by atoms with Crippen LogP contribution in [0.3, 0.4) is 0 Å². The van der Waals surface area contributed by atoms with E-state index in [1.807, 2.05) is 47.0 Å². The lowest BCUT2D eigenvalue weighted by molar-refractivity contribution is -0.745. The van der Waals surface area contributed by atoms with Crippen LogP contribution in [-0.2, 0) is 7.05 Å². The van der Waals surface area contributed by atoms with Gasteiger partial charge in [-0.05, 0) is 6.07 Å². The van der Waals surface area contributed by atoms with E-state index in [1.165, 1.54) is 0 Å². The highest BCUT2D eigenvalue weighted by atomic mass is 16.3. The van der Waals surface area contributed by atoms with E-state index in [4.69, 9.17) is 4.42 Å². The molecule has 0 amide bonds. The molecular weight excluding hydrogens is 140 g/mol. The molecule has 0 spiro atoms. The van der Waals surface area contributed by atoms with E-state index in [2.05, 4.69) is 0 Å². The van der Waals surface area contributed by atoms with E-state index >= 15 is 0 Å². The SMILES string of the molecule is C[n+]1cccn1-c1ccco1. The first kappa shape index (κ1) is 6.22. The number of hydrogen-bond donors (Lipinski definition) is 0. The van der Waals surface area contributed by atoms with Crippen LogP contribution in [0.1, 0.15) is 0 Å². The van der Waals surface area contributed by atoms with Gasteiger partial charge in [-0.25, -0.2) is 0 Å². The van der Waals surface area contributed by atoms with E-state index in [0.29, 0.717) is 0 Å². The molecule has 2 heterocycles. The zero-order chi connectivity index (χ0) is 7.68. The highest BCUT2D eigenvalue weighted by molar-refractivity contribution is 5.13. The summed E-state index contributed by atoms with van der Waals surface area (Å²) < 4.78 is 9.06. The number of furan rings is 1. The summed E-state index contributed by atoms with van der Waals surface area (Å²) in [6.45, 7) is 0. The van der Waals surface area contributed by atoms with Crippen LogP contribution >= 0.6 is 0 Å². The number of aryl methyl sites for hydroxylation is 1. The van der Waals surface area contributed by atoms with Crippen LogP contribution in [-0.4, -0.2) is 4.68 Å². The van der Waals surface area contributed by atoms with Crippen LogP contribution in [0.4, 0.5) is 0 Å². The van der Waals surface area contributed by atoms with Gasteiger partial charge in [-0.2, -0.15) is 0 Å². The largest absolute Gasteiger partial charge is 0.444 e. The lowest BCUT2D eigenvalue weighted by Gasteiger charge is -1.91. The molecule has 0 saturated carbocycles. The second kappa shape index (κ2) is 2.27. The van der Waals surface area contributed by atoms with Crippen molar-refractivity contribution in [2.24, 2.45) is 7.05 Å². The van der Waals surface area contributed by atoms with Crippen molar-refractivity contribution < 1.29 is 9.10 Å². The van der Waals surface area contributed by atoms with Gasteiger partial charge in [-0.1, -0.05) is 4.68 Å². The van der Waals surface area contributed by atoms with E-state index < -0.39 is 0 Å². The average Bonchev–Trinajstić information content (AvgIpc) is 2.55. The Labute approximate surface area is 64.5 Å². The second-order valence-corrected chi connectivity index (χ2v) is 2.36. The predicted octanol–water partition coefficient (Wildman–Crippen LogP) is 0.895. The van der Waals surface area contributed by atoms with E-state index in [9.17, 15) is 0 Å². The maximum absolute atomic E-state index is 5.20. The molecule has 2 aromatic rings. The minimum atomic E-state index is 0.831. The topological polar surface area (TPSA) is 21.9 Å². The number of rotatable bonds is 1. The number of nitrogens with zero attached hydrogens (tertiary/aromatic N) is 2. The molecule has 0 radical (unpaired) electrons. The van der Waals surface area contributed by atoms with Crippen molar-refractivity contribution in [1.29, 1.82) is 0 Å². The fraction of sp³-hybridized carbons (Fsp3) is 0.125. The zero-order valence-corrected chi connectivity index (χ0v) is 6.27. The third kappa shape index (κ3) is 0.941. The van der Waals surface area contributed by atoms with Gasteiger partial charge in [0.15, 0.2) is 13.2 Å². The van der Waals surface area contributed by atoms with Crippen LogP contribution in [0, 0.1) is 0 Å². The normalized spacial score (nSPS) is 10.3. The Morgan fingerprint density at radius 1 is 1.45 bits per heavy atom. The van der Waals surface area contributed by atoms with E-state index in [-0.39, 0.29) is 0 Å². The van der Waals surface area contributed by atoms with Gasteiger partial charge in [-0.15, -0.1) is 4.68 Å². The summed E-state index contributed by atoms with van der Waals surface area (Å²) in [5.41, 5.74) is 0. The Hall–Kier alpha value is -1.51. The Kier molecular flexibility index (Phi) is 1.28. The first-order chi connectivity index (χ1) is 5.38. The molecule has 0 unspecified atom stereocenters. The molecule has 3 heteroatoms. The highest BCUT2D eigenvalue weighted by Crippen LogP contribution is 2.03. The van der Waals surface area contributed by atoms with Crippen LogP contribution in [0.2, 0.25) is 0 Å². The Balaban J connectivity index is 2.53. The fourth-order valence-corrected chi connectivity index (χ4v) is 1.05. The standard InChI is InChI=1S/C8H9N2O/c1-9-5-3-6-10(9)8-4-2-7-11-8/h2-7H,1H3/q+1. The maximum Gasteiger partial charge on any atom is 0.256 e. The molecule has 11 heavy (non-hydrogen) atoms. The smallest absolute Gasteiger partial charge is 0.256 e. The molecule has 0 aliphatic rings. The molecule has 3 nitrogen and oxygen atoms in total. The Bertz CT molecular complexity index is 335. The van der Waals surface area contributed by atoms with Gasteiger partial charge in [0.1, 0.15) is 0 Å². The van der Waals surface area contributed by atoms with Gasteiger partial charge < -0.3 is 4.42 Å². The minimum Gasteiger partial charge on any atom is -0.444 e. The summed E-state index contributed by atoms with van der Waals surface area (Å²) in [6.07, 6.45) is 5.57. The molecule has 2 rings (SSSR count). The van der Waals surface area contributed by atoms with Crippen molar-refractivity contribution in [3.05, 3.63) is 36.9 Å². The Morgan fingerprint density at radius 2 is 2.36 bits per heavy atom. The van der Waals surface area contributed by atoms with E-state index in [1.54, 1.807) is 6.26 Å². The van der Waals surface area contributed by atoms with Crippen LogP contribution in [0.5, 0.6) is 0 Å². The third-order valence-electron chi connectivity index (χ3n) is 1.60. The quantitative estimate of drug-likeness (QED) is 0.552. The van der Waals surface area contributed by atoms with Crippen molar-refractivity contribution in [1.82, 2.24) is 4.68 Å². The highest BCUT2D eigenvalue weighted by Gasteiger charge is 2.05. The molecule has 0 N–H and O–H groups in total. The minimum absolute atomic E-state index is 0.831. The second-order valence-electron chi connectivity index (χ2n) is 2.36. The van der Waals surface area contributed by atoms with Crippen molar-refractivity contribution >= 4 is 0 Å². The summed E-state index contributed by atoms with van der Waals surface area (Å²) >= 11 is 0. The molecule has 56 valence electrons. The van der Waals surface area contributed by atoms with Gasteiger partial charge in [-0.3, -0.25) is 0 Å². The van der Waals surface area contributed by atoms with Crippen LogP contribution in [0.15, 0.2) is 41.3 Å². The fourth-order valence-electron chi connectivity index (χ4n) is 1.05. The summed E-state index contributed by atoms with van der Waals surface area (Å²) in [7, 11) is 1.96. The monoisotopic (exact) mass is 149 g/mol. The molecule has 0 aliphatic carbocycles. The zero-order valence-electron chi connectivity index (χ0n) is 6.27. The predicted molar refractivity (Wildman–Crippen MR) is 39.2 cm³/mol. The van der Waals surface area contributed by atoms with Crippen molar-refractivity contribution in [2.75, 3.05) is 0 Å². The molecule has 0 bridgehead atoms. The molecule has 0 saturated heterocycles. The summed E-state index contributed by atoms with van der Waals surface area (Å²) in [6, 6.07) is 5.75. The average molecular weight is 149 g/mol. The Morgan fingerprint density at radius 3 is 2.91 bits per heavy atom. The summed E-state index contributed by atoms with van der Waals surface area (Å²) in [5.74, 6) is 0.831. The summed E-state index contributed by atoms with van der Waals surface area (Å²) in [4.78, 5) is 0. The maximum atomic E-state index is 5.20. The molecule has 2 aromatic heterocycles. The van der Waals surface area contributed by atoms with Gasteiger partial charge >= 0.3 is 0 Å². The lowest BCUT2D eigenvalue weighted by atomic mass is 10.6. The van der Waals surface area contributed by atoms with Gasteiger partial charge in [0.25, 0.3) is 5.88 Å². The third-order valence-corrected chi connectivity index (χ3v) is 1.60. The molecular formula is C8H9N2O+. The van der Waals surface area contributed by atoms with Gasteiger partial charge in [0, 0.05) is 12.1 Å². The summed E-state index contributed by atoms with van der Waals surface area (Å²) in [5, 5.41) is 0.